The second-order valence-corrected chi connectivity index (χ2v) is 9.87. The van der Waals surface area contributed by atoms with Crippen LogP contribution in [0.25, 0.3) is 10.9 Å². The van der Waals surface area contributed by atoms with Crippen molar-refractivity contribution in [2.24, 2.45) is 0 Å². The van der Waals surface area contributed by atoms with Crippen molar-refractivity contribution in [1.82, 2.24) is 9.99 Å². The molecular formula is C26H22Br2N4O3. The van der Waals surface area contributed by atoms with Crippen LogP contribution >= 0.6 is 31.9 Å². The van der Waals surface area contributed by atoms with E-state index in [1.807, 2.05) is 56.3 Å². The number of fused-ring (bicyclic) bond motifs is 1. The molecule has 7 nitrogen and oxygen atoms in total. The van der Waals surface area contributed by atoms with Gasteiger partial charge in [0.2, 0.25) is 0 Å². The summed E-state index contributed by atoms with van der Waals surface area (Å²) < 4.78 is 3.08. The SMILES string of the molecule is Cc1ccc(CNC(=O)C(=O)Nn2c(C(=O)Nc3ccc(Br)c(C)c3)cc3cc(Br)ccc32)cc1. The summed E-state index contributed by atoms with van der Waals surface area (Å²) in [5, 5.41) is 6.18. The van der Waals surface area contributed by atoms with Gasteiger partial charge in [0.05, 0.1) is 5.52 Å². The predicted molar refractivity (Wildman–Crippen MR) is 144 cm³/mol. The summed E-state index contributed by atoms with van der Waals surface area (Å²) in [6, 6.07) is 20.1. The smallest absolute Gasteiger partial charge is 0.328 e. The fourth-order valence-corrected chi connectivity index (χ4v) is 4.14. The number of nitrogens with zero attached hydrogens (tertiary/aromatic N) is 1. The van der Waals surface area contributed by atoms with Gasteiger partial charge in [0.15, 0.2) is 0 Å². The van der Waals surface area contributed by atoms with E-state index in [0.717, 1.165) is 31.0 Å². The molecule has 0 atom stereocenters. The van der Waals surface area contributed by atoms with Crippen molar-refractivity contribution < 1.29 is 14.4 Å². The van der Waals surface area contributed by atoms with E-state index in [2.05, 4.69) is 47.9 Å². The first-order chi connectivity index (χ1) is 16.7. The second-order valence-electron chi connectivity index (χ2n) is 8.10. The van der Waals surface area contributed by atoms with E-state index in [1.165, 1.54) is 4.68 Å². The van der Waals surface area contributed by atoms with Crippen molar-refractivity contribution in [3.8, 4) is 0 Å². The van der Waals surface area contributed by atoms with Crippen molar-refractivity contribution in [2.45, 2.75) is 20.4 Å². The highest BCUT2D eigenvalue weighted by Crippen LogP contribution is 2.25. The lowest BCUT2D eigenvalue weighted by atomic mass is 10.1. The van der Waals surface area contributed by atoms with Crippen molar-refractivity contribution >= 4 is 66.2 Å². The van der Waals surface area contributed by atoms with Crippen LogP contribution in [0.15, 0.2) is 75.7 Å². The molecule has 0 unspecified atom stereocenters. The van der Waals surface area contributed by atoms with Crippen LogP contribution in [0.3, 0.4) is 0 Å². The van der Waals surface area contributed by atoms with Crippen molar-refractivity contribution in [3.05, 3.63) is 98.1 Å². The highest BCUT2D eigenvalue weighted by Gasteiger charge is 2.21. The lowest BCUT2D eigenvalue weighted by Gasteiger charge is -2.13. The van der Waals surface area contributed by atoms with Gasteiger partial charge in [-0.1, -0.05) is 61.7 Å². The Kier molecular flexibility index (Phi) is 7.37. The summed E-state index contributed by atoms with van der Waals surface area (Å²) in [5.41, 5.74) is 6.87. The molecule has 3 amide bonds. The molecule has 35 heavy (non-hydrogen) atoms. The van der Waals surface area contributed by atoms with Crippen molar-refractivity contribution in [2.75, 3.05) is 10.7 Å². The zero-order valence-electron chi connectivity index (χ0n) is 19.0. The number of hydrogen-bond donors (Lipinski definition) is 3. The molecule has 0 spiro atoms. The van der Waals surface area contributed by atoms with Gasteiger partial charge in [0.1, 0.15) is 5.69 Å². The minimum Gasteiger partial charge on any atom is -0.344 e. The number of aromatic nitrogens is 1. The minimum absolute atomic E-state index is 0.179. The number of anilines is 1. The van der Waals surface area contributed by atoms with Crippen LogP contribution in [0.1, 0.15) is 27.2 Å². The van der Waals surface area contributed by atoms with Gasteiger partial charge >= 0.3 is 11.8 Å². The molecule has 0 aliphatic heterocycles. The normalized spacial score (nSPS) is 10.7. The molecule has 0 radical (unpaired) electrons. The third-order valence-electron chi connectivity index (χ3n) is 5.41. The van der Waals surface area contributed by atoms with E-state index in [0.29, 0.717) is 11.2 Å². The molecule has 0 aliphatic rings. The maximum atomic E-state index is 13.2. The number of benzene rings is 3. The summed E-state index contributed by atoms with van der Waals surface area (Å²) >= 11 is 6.87. The van der Waals surface area contributed by atoms with Crippen molar-refractivity contribution in [3.63, 3.8) is 0 Å². The Balaban J connectivity index is 1.56. The molecule has 9 heteroatoms. The highest BCUT2D eigenvalue weighted by atomic mass is 79.9. The molecule has 3 N–H and O–H groups in total. The molecule has 4 aromatic rings. The number of amides is 3. The van der Waals surface area contributed by atoms with Crippen LogP contribution in [0.2, 0.25) is 0 Å². The topological polar surface area (TPSA) is 92.2 Å². The average molecular weight is 598 g/mol. The molecule has 1 aromatic heterocycles. The Labute approximate surface area is 219 Å². The molecular weight excluding hydrogens is 576 g/mol. The number of carbonyl (C=O) groups excluding carboxylic acids is 3. The third-order valence-corrected chi connectivity index (χ3v) is 6.79. The van der Waals surface area contributed by atoms with E-state index in [9.17, 15) is 14.4 Å². The van der Waals surface area contributed by atoms with Crippen LogP contribution in [0.4, 0.5) is 5.69 Å². The Morgan fingerprint density at radius 1 is 0.857 bits per heavy atom. The molecule has 0 saturated heterocycles. The van der Waals surface area contributed by atoms with Gasteiger partial charge in [0, 0.05) is 26.6 Å². The van der Waals surface area contributed by atoms with E-state index in [-0.39, 0.29) is 12.2 Å². The zero-order valence-corrected chi connectivity index (χ0v) is 22.2. The van der Waals surface area contributed by atoms with E-state index in [1.54, 1.807) is 24.3 Å². The summed E-state index contributed by atoms with van der Waals surface area (Å²) in [6.07, 6.45) is 0. The lowest BCUT2D eigenvalue weighted by molar-refractivity contribution is -0.136. The van der Waals surface area contributed by atoms with E-state index < -0.39 is 17.7 Å². The number of nitrogens with one attached hydrogen (secondary N) is 3. The maximum Gasteiger partial charge on any atom is 0.328 e. The van der Waals surface area contributed by atoms with Crippen LogP contribution in [0.5, 0.6) is 0 Å². The zero-order chi connectivity index (χ0) is 25.1. The van der Waals surface area contributed by atoms with Crippen LogP contribution in [0, 0.1) is 13.8 Å². The van der Waals surface area contributed by atoms with Gasteiger partial charge < -0.3 is 10.6 Å². The van der Waals surface area contributed by atoms with Crippen LogP contribution < -0.4 is 16.1 Å². The van der Waals surface area contributed by atoms with Crippen LogP contribution in [-0.2, 0) is 16.1 Å². The van der Waals surface area contributed by atoms with Gasteiger partial charge in [-0.3, -0.25) is 19.8 Å². The number of carbonyl (C=O) groups is 3. The average Bonchev–Trinajstić information content (AvgIpc) is 3.18. The highest BCUT2D eigenvalue weighted by molar-refractivity contribution is 9.10. The molecule has 178 valence electrons. The lowest BCUT2D eigenvalue weighted by Crippen LogP contribution is -2.39. The fourth-order valence-electron chi connectivity index (χ4n) is 3.51. The predicted octanol–water partition coefficient (Wildman–Crippen LogP) is 5.42. The minimum atomic E-state index is -0.883. The second kappa shape index (κ2) is 10.5. The molecule has 0 aliphatic carbocycles. The number of halogens is 2. The number of aryl methyl sites for hydroxylation is 2. The maximum absolute atomic E-state index is 13.2. The molecule has 3 aromatic carbocycles. The number of rotatable bonds is 5. The van der Waals surface area contributed by atoms with Gasteiger partial charge in [-0.2, -0.15) is 0 Å². The van der Waals surface area contributed by atoms with Gasteiger partial charge in [-0.25, -0.2) is 4.68 Å². The standard InChI is InChI=1S/C26H22Br2N4O3/c1-15-3-5-17(6-4-15)14-29-25(34)26(35)31-32-22-10-7-19(27)12-18(22)13-23(32)24(33)30-20-8-9-21(28)16(2)11-20/h3-13H,14H2,1-2H3,(H,29,34)(H,30,33)(H,31,35). The Bertz CT molecular complexity index is 1450. The first-order valence-electron chi connectivity index (χ1n) is 10.7. The Hall–Kier alpha value is -3.43. The van der Waals surface area contributed by atoms with Gasteiger partial charge in [-0.05, 0) is 67.4 Å². The van der Waals surface area contributed by atoms with Gasteiger partial charge in [0.25, 0.3) is 5.91 Å². The molecule has 0 bridgehead atoms. The Morgan fingerprint density at radius 2 is 1.60 bits per heavy atom. The molecule has 0 fully saturated rings. The van der Waals surface area contributed by atoms with Gasteiger partial charge in [-0.15, -0.1) is 0 Å². The quantitative estimate of drug-likeness (QED) is 0.268. The molecule has 0 saturated carbocycles. The first kappa shape index (κ1) is 24.7. The monoisotopic (exact) mass is 596 g/mol. The number of hydrogen-bond acceptors (Lipinski definition) is 3. The fraction of sp³-hybridized carbons (Fsp3) is 0.115. The Morgan fingerprint density at radius 3 is 2.31 bits per heavy atom. The first-order valence-corrected chi connectivity index (χ1v) is 12.3. The summed E-state index contributed by atoms with van der Waals surface area (Å²) in [4.78, 5) is 38.4. The largest absolute Gasteiger partial charge is 0.344 e. The van der Waals surface area contributed by atoms with E-state index >= 15 is 0 Å². The molecule has 1 heterocycles. The summed E-state index contributed by atoms with van der Waals surface area (Å²) in [6.45, 7) is 4.10. The van der Waals surface area contributed by atoms with E-state index in [4.69, 9.17) is 0 Å². The summed E-state index contributed by atoms with van der Waals surface area (Å²) in [7, 11) is 0. The van der Waals surface area contributed by atoms with Crippen molar-refractivity contribution in [1.29, 1.82) is 0 Å². The summed E-state index contributed by atoms with van der Waals surface area (Å²) in [5.74, 6) is -2.12. The third kappa shape index (κ3) is 5.80. The molecule has 4 rings (SSSR count). The van der Waals surface area contributed by atoms with Crippen LogP contribution in [-0.4, -0.2) is 22.4 Å².